The number of aromatic amines is 1. The Hall–Kier alpha value is -1.81. The lowest BCUT2D eigenvalue weighted by Crippen LogP contribution is -2.09. The molecule has 0 bridgehead atoms. The van der Waals surface area contributed by atoms with E-state index in [9.17, 15) is 0 Å². The smallest absolute Gasteiger partial charge is 0.132 e. The summed E-state index contributed by atoms with van der Waals surface area (Å²) in [4.78, 5) is 0. The molecule has 0 spiro atoms. The molecular formula is C15H21N3O. The summed E-state index contributed by atoms with van der Waals surface area (Å²) < 4.78 is 5.94. The fraction of sp³-hybridized carbons (Fsp3) is 0.400. The number of nitrogens with zero attached hydrogens (tertiary/aromatic N) is 1. The minimum atomic E-state index is 0.493. The van der Waals surface area contributed by atoms with Gasteiger partial charge in [0.05, 0.1) is 0 Å². The molecule has 4 heteroatoms. The highest BCUT2D eigenvalue weighted by Gasteiger charge is 2.11. The van der Waals surface area contributed by atoms with Crippen LogP contribution in [0, 0.1) is 20.8 Å². The van der Waals surface area contributed by atoms with E-state index in [2.05, 4.69) is 41.5 Å². The summed E-state index contributed by atoms with van der Waals surface area (Å²) >= 11 is 0. The molecule has 2 N–H and O–H groups in total. The summed E-state index contributed by atoms with van der Waals surface area (Å²) in [5.41, 5.74) is 5.56. The Kier molecular flexibility index (Phi) is 4.22. The number of benzene rings is 1. The van der Waals surface area contributed by atoms with Crippen molar-refractivity contribution in [3.8, 4) is 5.75 Å². The van der Waals surface area contributed by atoms with E-state index in [0.717, 1.165) is 34.8 Å². The fourth-order valence-electron chi connectivity index (χ4n) is 2.20. The lowest BCUT2D eigenvalue weighted by atomic mass is 10.1. The Bertz CT molecular complexity index is 540. The van der Waals surface area contributed by atoms with Crippen molar-refractivity contribution < 1.29 is 4.74 Å². The quantitative estimate of drug-likeness (QED) is 0.868. The number of aryl methyl sites for hydroxylation is 3. The number of aromatic nitrogens is 2. The number of H-pyrrole nitrogens is 1. The monoisotopic (exact) mass is 259 g/mol. The second-order valence-electron chi connectivity index (χ2n) is 4.81. The summed E-state index contributed by atoms with van der Waals surface area (Å²) in [6, 6.07) is 6.17. The van der Waals surface area contributed by atoms with Gasteiger partial charge in [-0.3, -0.25) is 5.10 Å². The second-order valence-corrected chi connectivity index (χ2v) is 4.81. The zero-order valence-electron chi connectivity index (χ0n) is 12.0. The zero-order chi connectivity index (χ0) is 13.8. The SMILES string of the molecule is CNCc1c(COc2c(C)cccc2C)n[nH]c1C. The highest BCUT2D eigenvalue weighted by molar-refractivity contribution is 5.40. The molecule has 0 saturated heterocycles. The number of hydrogen-bond donors (Lipinski definition) is 2. The third-order valence-electron chi connectivity index (χ3n) is 3.28. The molecular weight excluding hydrogens is 238 g/mol. The van der Waals surface area contributed by atoms with E-state index < -0.39 is 0 Å². The molecule has 0 radical (unpaired) electrons. The largest absolute Gasteiger partial charge is 0.487 e. The van der Waals surface area contributed by atoms with Gasteiger partial charge in [0.15, 0.2) is 0 Å². The van der Waals surface area contributed by atoms with E-state index >= 15 is 0 Å². The predicted octanol–water partition coefficient (Wildman–Crippen LogP) is 2.63. The van der Waals surface area contributed by atoms with Gasteiger partial charge in [-0.2, -0.15) is 5.10 Å². The van der Waals surface area contributed by atoms with E-state index in [1.165, 1.54) is 5.56 Å². The van der Waals surface area contributed by atoms with Gasteiger partial charge in [0.1, 0.15) is 18.1 Å². The van der Waals surface area contributed by atoms with Crippen LogP contribution in [0.15, 0.2) is 18.2 Å². The van der Waals surface area contributed by atoms with Crippen LogP contribution in [0.5, 0.6) is 5.75 Å². The maximum atomic E-state index is 5.94. The van der Waals surface area contributed by atoms with Gasteiger partial charge in [-0.1, -0.05) is 18.2 Å². The molecule has 2 rings (SSSR count). The highest BCUT2D eigenvalue weighted by atomic mass is 16.5. The molecule has 0 unspecified atom stereocenters. The van der Waals surface area contributed by atoms with Crippen LogP contribution in [0.2, 0.25) is 0 Å². The number of para-hydroxylation sites is 1. The number of nitrogens with one attached hydrogen (secondary N) is 2. The summed E-state index contributed by atoms with van der Waals surface area (Å²) in [7, 11) is 1.93. The van der Waals surface area contributed by atoms with Crippen molar-refractivity contribution in [1.29, 1.82) is 0 Å². The van der Waals surface area contributed by atoms with Gasteiger partial charge in [-0.05, 0) is 38.9 Å². The van der Waals surface area contributed by atoms with Gasteiger partial charge in [0, 0.05) is 17.8 Å². The molecule has 1 aromatic carbocycles. The predicted molar refractivity (Wildman–Crippen MR) is 76.3 cm³/mol. The molecule has 1 heterocycles. The average molecular weight is 259 g/mol. The molecule has 4 nitrogen and oxygen atoms in total. The van der Waals surface area contributed by atoms with Crippen molar-refractivity contribution in [3.05, 3.63) is 46.3 Å². The average Bonchev–Trinajstić information content (AvgIpc) is 2.71. The van der Waals surface area contributed by atoms with E-state index in [0.29, 0.717) is 6.61 Å². The first-order chi connectivity index (χ1) is 9.13. The maximum absolute atomic E-state index is 5.94. The first-order valence-electron chi connectivity index (χ1n) is 6.49. The lowest BCUT2D eigenvalue weighted by Gasteiger charge is -2.11. The summed E-state index contributed by atoms with van der Waals surface area (Å²) in [5.74, 6) is 0.957. The van der Waals surface area contributed by atoms with Gasteiger partial charge < -0.3 is 10.1 Å². The van der Waals surface area contributed by atoms with Gasteiger partial charge >= 0.3 is 0 Å². The van der Waals surface area contributed by atoms with Crippen LogP contribution in [-0.4, -0.2) is 17.2 Å². The van der Waals surface area contributed by atoms with E-state index in [-0.39, 0.29) is 0 Å². The van der Waals surface area contributed by atoms with Crippen LogP contribution in [0.4, 0.5) is 0 Å². The topological polar surface area (TPSA) is 49.9 Å². The number of hydrogen-bond acceptors (Lipinski definition) is 3. The van der Waals surface area contributed by atoms with Gasteiger partial charge in [-0.15, -0.1) is 0 Å². The lowest BCUT2D eigenvalue weighted by molar-refractivity contribution is 0.295. The molecule has 0 aliphatic rings. The Labute approximate surface area is 114 Å². The van der Waals surface area contributed by atoms with E-state index in [1.54, 1.807) is 0 Å². The van der Waals surface area contributed by atoms with Crippen molar-refractivity contribution in [1.82, 2.24) is 15.5 Å². The molecule has 102 valence electrons. The number of ether oxygens (including phenoxy) is 1. The van der Waals surface area contributed by atoms with Crippen LogP contribution in [0.25, 0.3) is 0 Å². The Morgan fingerprint density at radius 2 is 1.89 bits per heavy atom. The zero-order valence-corrected chi connectivity index (χ0v) is 12.0. The Morgan fingerprint density at radius 3 is 2.53 bits per heavy atom. The molecule has 0 atom stereocenters. The van der Waals surface area contributed by atoms with Crippen molar-refractivity contribution in [2.75, 3.05) is 7.05 Å². The van der Waals surface area contributed by atoms with Crippen LogP contribution in [0.1, 0.15) is 28.1 Å². The van der Waals surface area contributed by atoms with E-state index in [4.69, 9.17) is 4.74 Å². The summed E-state index contributed by atoms with van der Waals surface area (Å²) in [6.07, 6.45) is 0. The van der Waals surface area contributed by atoms with Gasteiger partial charge in [0.25, 0.3) is 0 Å². The second kappa shape index (κ2) is 5.89. The van der Waals surface area contributed by atoms with Crippen LogP contribution in [0.3, 0.4) is 0 Å². The van der Waals surface area contributed by atoms with Crippen molar-refractivity contribution in [2.24, 2.45) is 0 Å². The summed E-state index contributed by atoms with van der Waals surface area (Å²) in [5, 5.41) is 10.5. The van der Waals surface area contributed by atoms with Crippen molar-refractivity contribution >= 4 is 0 Å². The molecule has 0 aliphatic carbocycles. The number of rotatable bonds is 5. The molecule has 0 saturated carbocycles. The van der Waals surface area contributed by atoms with Gasteiger partial charge in [-0.25, -0.2) is 0 Å². The summed E-state index contributed by atoms with van der Waals surface area (Å²) in [6.45, 7) is 7.45. The molecule has 2 aromatic rings. The van der Waals surface area contributed by atoms with Crippen LogP contribution < -0.4 is 10.1 Å². The third kappa shape index (κ3) is 2.96. The molecule has 0 amide bonds. The fourth-order valence-corrected chi connectivity index (χ4v) is 2.20. The molecule has 0 fully saturated rings. The first kappa shape index (κ1) is 13.6. The van der Waals surface area contributed by atoms with Crippen LogP contribution >= 0.6 is 0 Å². The first-order valence-corrected chi connectivity index (χ1v) is 6.49. The standard InChI is InChI=1S/C15H21N3O/c1-10-6-5-7-11(2)15(10)19-9-14-13(8-16-4)12(3)17-18-14/h5-7,16H,8-9H2,1-4H3,(H,17,18). The Balaban J connectivity index is 2.15. The minimum Gasteiger partial charge on any atom is -0.487 e. The maximum Gasteiger partial charge on any atom is 0.132 e. The van der Waals surface area contributed by atoms with E-state index in [1.807, 2.05) is 20.0 Å². The highest BCUT2D eigenvalue weighted by Crippen LogP contribution is 2.24. The normalized spacial score (nSPS) is 10.7. The molecule has 19 heavy (non-hydrogen) atoms. The van der Waals surface area contributed by atoms with Gasteiger partial charge in [0.2, 0.25) is 0 Å². The third-order valence-corrected chi connectivity index (χ3v) is 3.28. The van der Waals surface area contributed by atoms with Crippen molar-refractivity contribution in [3.63, 3.8) is 0 Å². The minimum absolute atomic E-state index is 0.493. The van der Waals surface area contributed by atoms with Crippen LogP contribution in [-0.2, 0) is 13.2 Å². The van der Waals surface area contributed by atoms with Crippen molar-refractivity contribution in [2.45, 2.75) is 33.9 Å². The molecule has 1 aromatic heterocycles. The molecule has 0 aliphatic heterocycles. The Morgan fingerprint density at radius 1 is 1.21 bits per heavy atom.